The maximum absolute atomic E-state index is 7.46. The monoisotopic (exact) mass is 292 g/mol. The maximum atomic E-state index is 7.46. The van der Waals surface area contributed by atoms with Gasteiger partial charge in [-0.1, -0.05) is 39.0 Å². The van der Waals surface area contributed by atoms with Crippen molar-refractivity contribution in [1.82, 2.24) is 0 Å². The summed E-state index contributed by atoms with van der Waals surface area (Å²) < 4.78 is 11.4. The molecule has 0 fully saturated rings. The molecular formula is C17H28N2O2. The Morgan fingerprint density at radius 1 is 1.00 bits per heavy atom. The molecule has 3 N–H and O–H groups in total. The van der Waals surface area contributed by atoms with E-state index < -0.39 is 0 Å². The van der Waals surface area contributed by atoms with Crippen LogP contribution in [-0.2, 0) is 0 Å². The largest absolute Gasteiger partial charge is 0.490 e. The molecule has 0 aliphatic heterocycles. The van der Waals surface area contributed by atoms with Crippen LogP contribution in [0.2, 0.25) is 0 Å². The van der Waals surface area contributed by atoms with Gasteiger partial charge in [-0.3, -0.25) is 5.41 Å². The molecule has 118 valence electrons. The van der Waals surface area contributed by atoms with E-state index in [0.29, 0.717) is 24.5 Å². The predicted molar refractivity (Wildman–Crippen MR) is 87.5 cm³/mol. The molecular weight excluding hydrogens is 264 g/mol. The molecule has 0 amide bonds. The molecule has 0 unspecified atom stereocenters. The smallest absolute Gasteiger partial charge is 0.161 e. The van der Waals surface area contributed by atoms with E-state index in [1.54, 1.807) is 12.1 Å². The second-order valence-corrected chi connectivity index (χ2v) is 5.12. The van der Waals surface area contributed by atoms with Crippen molar-refractivity contribution in [2.24, 2.45) is 5.73 Å². The highest BCUT2D eigenvalue weighted by atomic mass is 16.5. The SMILES string of the molecule is CCCCCCCCOc1ccc(C(=N)N)cc1OCC. The van der Waals surface area contributed by atoms with Crippen molar-refractivity contribution in [3.05, 3.63) is 23.8 Å². The first-order chi connectivity index (χ1) is 10.2. The number of rotatable bonds is 11. The van der Waals surface area contributed by atoms with Gasteiger partial charge in [0.25, 0.3) is 0 Å². The van der Waals surface area contributed by atoms with Crippen LogP contribution in [0.15, 0.2) is 18.2 Å². The van der Waals surface area contributed by atoms with Gasteiger partial charge in [-0.2, -0.15) is 0 Å². The van der Waals surface area contributed by atoms with Crippen LogP contribution >= 0.6 is 0 Å². The van der Waals surface area contributed by atoms with Crippen LogP contribution in [-0.4, -0.2) is 19.0 Å². The summed E-state index contributed by atoms with van der Waals surface area (Å²) in [4.78, 5) is 0. The van der Waals surface area contributed by atoms with Gasteiger partial charge in [0.05, 0.1) is 13.2 Å². The molecule has 4 heteroatoms. The maximum Gasteiger partial charge on any atom is 0.161 e. The molecule has 1 rings (SSSR count). The highest BCUT2D eigenvalue weighted by Crippen LogP contribution is 2.28. The number of benzene rings is 1. The third-order valence-electron chi connectivity index (χ3n) is 3.31. The van der Waals surface area contributed by atoms with Gasteiger partial charge in [-0.15, -0.1) is 0 Å². The minimum Gasteiger partial charge on any atom is -0.490 e. The Hall–Kier alpha value is -1.71. The van der Waals surface area contributed by atoms with E-state index in [-0.39, 0.29) is 5.84 Å². The fourth-order valence-corrected chi connectivity index (χ4v) is 2.13. The van der Waals surface area contributed by atoms with Crippen molar-refractivity contribution in [3.8, 4) is 11.5 Å². The van der Waals surface area contributed by atoms with Crippen LogP contribution in [0.3, 0.4) is 0 Å². The molecule has 0 aliphatic carbocycles. The summed E-state index contributed by atoms with van der Waals surface area (Å²) in [6, 6.07) is 5.39. The lowest BCUT2D eigenvalue weighted by atomic mass is 10.1. The number of nitrogens with two attached hydrogens (primary N) is 1. The summed E-state index contributed by atoms with van der Waals surface area (Å²) >= 11 is 0. The third-order valence-corrected chi connectivity index (χ3v) is 3.31. The lowest BCUT2D eigenvalue weighted by Gasteiger charge is -2.13. The number of unbranched alkanes of at least 4 members (excludes halogenated alkanes) is 5. The molecule has 1 aromatic carbocycles. The second kappa shape index (κ2) is 10.1. The van der Waals surface area contributed by atoms with Crippen molar-refractivity contribution >= 4 is 5.84 Å². The van der Waals surface area contributed by atoms with Crippen molar-refractivity contribution in [2.45, 2.75) is 52.4 Å². The average molecular weight is 292 g/mol. The van der Waals surface area contributed by atoms with Gasteiger partial charge in [0.1, 0.15) is 5.84 Å². The average Bonchev–Trinajstić information content (AvgIpc) is 2.47. The molecule has 0 heterocycles. The van der Waals surface area contributed by atoms with Gasteiger partial charge < -0.3 is 15.2 Å². The van der Waals surface area contributed by atoms with Crippen LogP contribution in [0, 0.1) is 5.41 Å². The Kier molecular flexibility index (Phi) is 8.32. The van der Waals surface area contributed by atoms with Crippen LogP contribution in [0.4, 0.5) is 0 Å². The van der Waals surface area contributed by atoms with Gasteiger partial charge >= 0.3 is 0 Å². The highest BCUT2D eigenvalue weighted by Gasteiger charge is 2.07. The highest BCUT2D eigenvalue weighted by molar-refractivity contribution is 5.95. The van der Waals surface area contributed by atoms with Gasteiger partial charge in [0.2, 0.25) is 0 Å². The summed E-state index contributed by atoms with van der Waals surface area (Å²) in [6.07, 6.45) is 7.45. The first kappa shape index (κ1) is 17.3. The molecule has 0 spiro atoms. The molecule has 0 bridgehead atoms. The van der Waals surface area contributed by atoms with Crippen LogP contribution in [0.5, 0.6) is 11.5 Å². The van der Waals surface area contributed by atoms with Gasteiger partial charge in [0.15, 0.2) is 11.5 Å². The second-order valence-electron chi connectivity index (χ2n) is 5.12. The molecule has 0 radical (unpaired) electrons. The topological polar surface area (TPSA) is 68.3 Å². The van der Waals surface area contributed by atoms with E-state index in [1.807, 2.05) is 13.0 Å². The van der Waals surface area contributed by atoms with E-state index in [1.165, 1.54) is 32.1 Å². The third kappa shape index (κ3) is 6.52. The summed E-state index contributed by atoms with van der Waals surface area (Å²) in [7, 11) is 0. The predicted octanol–water partition coefficient (Wildman–Crippen LogP) is 4.11. The van der Waals surface area contributed by atoms with Crippen molar-refractivity contribution in [3.63, 3.8) is 0 Å². The number of ether oxygens (including phenoxy) is 2. The Morgan fingerprint density at radius 2 is 1.71 bits per heavy atom. The number of hydrogen-bond acceptors (Lipinski definition) is 3. The summed E-state index contributed by atoms with van der Waals surface area (Å²) in [6.45, 7) is 5.42. The van der Waals surface area contributed by atoms with E-state index >= 15 is 0 Å². The molecule has 4 nitrogen and oxygen atoms in total. The molecule has 0 atom stereocenters. The standard InChI is InChI=1S/C17H28N2O2/c1-3-5-6-7-8-9-12-21-15-11-10-14(17(18)19)13-16(15)20-4-2/h10-11,13H,3-9,12H2,1-2H3,(H3,18,19). The van der Waals surface area contributed by atoms with Crippen molar-refractivity contribution < 1.29 is 9.47 Å². The fourth-order valence-electron chi connectivity index (χ4n) is 2.13. The Bertz CT molecular complexity index is 433. The molecule has 0 aliphatic rings. The Morgan fingerprint density at radius 3 is 2.38 bits per heavy atom. The van der Waals surface area contributed by atoms with E-state index in [4.69, 9.17) is 20.6 Å². The zero-order valence-electron chi connectivity index (χ0n) is 13.3. The minimum atomic E-state index is 0.0402. The number of hydrogen-bond donors (Lipinski definition) is 2. The summed E-state index contributed by atoms with van der Waals surface area (Å²) in [5.74, 6) is 1.44. The first-order valence-electron chi connectivity index (χ1n) is 7.93. The Labute approximate surface area is 128 Å². The Balaban J connectivity index is 2.44. The molecule has 0 saturated heterocycles. The zero-order valence-corrected chi connectivity index (χ0v) is 13.3. The first-order valence-corrected chi connectivity index (χ1v) is 7.93. The van der Waals surface area contributed by atoms with Gasteiger partial charge in [0, 0.05) is 5.56 Å². The van der Waals surface area contributed by atoms with E-state index in [2.05, 4.69) is 6.92 Å². The number of nitrogens with one attached hydrogen (secondary N) is 1. The number of amidine groups is 1. The van der Waals surface area contributed by atoms with Crippen LogP contribution in [0.25, 0.3) is 0 Å². The summed E-state index contributed by atoms with van der Waals surface area (Å²) in [5, 5.41) is 7.46. The lowest BCUT2D eigenvalue weighted by Crippen LogP contribution is -2.11. The van der Waals surface area contributed by atoms with Crippen LogP contribution in [0.1, 0.15) is 57.9 Å². The molecule has 0 saturated carbocycles. The van der Waals surface area contributed by atoms with Crippen LogP contribution < -0.4 is 15.2 Å². The van der Waals surface area contributed by atoms with E-state index in [0.717, 1.165) is 12.2 Å². The number of nitrogen functional groups attached to an aromatic ring is 1. The molecule has 0 aromatic heterocycles. The zero-order chi connectivity index (χ0) is 15.5. The van der Waals surface area contributed by atoms with Gasteiger partial charge in [-0.05, 0) is 31.5 Å². The minimum absolute atomic E-state index is 0.0402. The quantitative estimate of drug-likeness (QED) is 0.366. The lowest BCUT2D eigenvalue weighted by molar-refractivity contribution is 0.270. The van der Waals surface area contributed by atoms with E-state index in [9.17, 15) is 0 Å². The van der Waals surface area contributed by atoms with Crippen molar-refractivity contribution in [2.75, 3.05) is 13.2 Å². The summed E-state index contributed by atoms with van der Waals surface area (Å²) in [5.41, 5.74) is 6.15. The fraction of sp³-hybridized carbons (Fsp3) is 0.588. The molecule has 1 aromatic rings. The van der Waals surface area contributed by atoms with Gasteiger partial charge in [-0.25, -0.2) is 0 Å². The molecule has 21 heavy (non-hydrogen) atoms. The van der Waals surface area contributed by atoms with Crippen molar-refractivity contribution in [1.29, 1.82) is 5.41 Å². The normalized spacial score (nSPS) is 10.4.